The van der Waals surface area contributed by atoms with Crippen LogP contribution in [0, 0.1) is 5.92 Å². The quantitative estimate of drug-likeness (QED) is 0.802. The van der Waals surface area contributed by atoms with Gasteiger partial charge < -0.3 is 10.1 Å². The van der Waals surface area contributed by atoms with Crippen molar-refractivity contribution < 1.29 is 17.9 Å². The van der Waals surface area contributed by atoms with Crippen LogP contribution >= 0.6 is 0 Å². The molecule has 1 N–H and O–H groups in total. The summed E-state index contributed by atoms with van der Waals surface area (Å²) in [5.74, 6) is 0.388. The van der Waals surface area contributed by atoms with Gasteiger partial charge in [-0.3, -0.25) is 0 Å². The van der Waals surface area contributed by atoms with Crippen LogP contribution in [0.4, 0.5) is 4.79 Å². The molecule has 0 aromatic carbocycles. The van der Waals surface area contributed by atoms with Crippen LogP contribution < -0.4 is 5.32 Å². The van der Waals surface area contributed by atoms with Gasteiger partial charge >= 0.3 is 6.09 Å². The maximum Gasteiger partial charge on any atom is 0.407 e. The molecule has 2 fully saturated rings. The Morgan fingerprint density at radius 3 is 2.46 bits per heavy atom. The normalized spacial score (nSPS) is 27.7. The van der Waals surface area contributed by atoms with Crippen molar-refractivity contribution >= 4 is 16.3 Å². The van der Waals surface area contributed by atoms with Crippen LogP contribution in [-0.4, -0.2) is 60.4 Å². The molecule has 3 atom stereocenters. The highest BCUT2D eigenvalue weighted by atomic mass is 32.2. The Hall–Kier alpha value is -0.860. The minimum atomic E-state index is -3.51. The fourth-order valence-corrected chi connectivity index (χ4v) is 5.90. The lowest BCUT2D eigenvalue weighted by Crippen LogP contribution is -2.58. The maximum atomic E-state index is 13.2. The van der Waals surface area contributed by atoms with E-state index in [-0.39, 0.29) is 12.1 Å². The molecule has 0 aliphatic carbocycles. The topological polar surface area (TPSA) is 79.0 Å². The van der Waals surface area contributed by atoms with Gasteiger partial charge in [0.05, 0.1) is 0 Å². The highest BCUT2D eigenvalue weighted by molar-refractivity contribution is 7.86. The molecule has 0 aromatic rings. The molecule has 2 aliphatic rings. The van der Waals surface area contributed by atoms with Gasteiger partial charge in [-0.05, 0) is 59.3 Å². The van der Waals surface area contributed by atoms with Crippen molar-refractivity contribution in [1.82, 2.24) is 13.9 Å². The molecule has 0 bridgehead atoms. The second-order valence-electron chi connectivity index (χ2n) is 8.72. The van der Waals surface area contributed by atoms with E-state index >= 15 is 0 Å². The molecule has 152 valence electrons. The molecule has 26 heavy (non-hydrogen) atoms. The van der Waals surface area contributed by atoms with Crippen LogP contribution in [0.3, 0.4) is 0 Å². The summed E-state index contributed by atoms with van der Waals surface area (Å²) in [5.41, 5.74) is -0.577. The van der Waals surface area contributed by atoms with Crippen molar-refractivity contribution in [2.45, 2.75) is 84.4 Å². The zero-order valence-corrected chi connectivity index (χ0v) is 17.6. The number of carbonyl (C=O) groups is 1. The predicted molar refractivity (Wildman–Crippen MR) is 102 cm³/mol. The third-order valence-corrected chi connectivity index (χ3v) is 7.09. The zero-order valence-electron chi connectivity index (χ0n) is 16.8. The molecule has 2 aliphatic heterocycles. The van der Waals surface area contributed by atoms with Crippen molar-refractivity contribution in [2.24, 2.45) is 5.92 Å². The Morgan fingerprint density at radius 2 is 1.85 bits per heavy atom. The molecule has 0 unspecified atom stereocenters. The predicted octanol–water partition coefficient (Wildman–Crippen LogP) is 2.73. The summed E-state index contributed by atoms with van der Waals surface area (Å²) in [4.78, 5) is 12.1. The third-order valence-electron chi connectivity index (χ3n) is 5.06. The first kappa shape index (κ1) is 21.4. The second-order valence-corrected chi connectivity index (χ2v) is 10.6. The summed E-state index contributed by atoms with van der Waals surface area (Å²) in [6, 6.07) is -0.541. The Kier molecular flexibility index (Phi) is 6.96. The van der Waals surface area contributed by atoms with E-state index in [1.807, 2.05) is 27.7 Å². The van der Waals surface area contributed by atoms with Gasteiger partial charge in [0.15, 0.2) is 0 Å². The summed E-state index contributed by atoms with van der Waals surface area (Å²) in [7, 11) is -3.51. The molecule has 2 rings (SSSR count). The van der Waals surface area contributed by atoms with Gasteiger partial charge in [-0.15, -0.1) is 0 Å². The van der Waals surface area contributed by atoms with E-state index in [9.17, 15) is 13.2 Å². The number of hydrogen-bond acceptors (Lipinski definition) is 4. The largest absolute Gasteiger partial charge is 0.444 e. The standard InChI is InChI=1S/C18H35N3O4S/c1-14-9-8-11-20(13-14)26(23,24)21-12-7-6-10-16(21)15(2)19-17(22)25-18(3,4)5/h14-16H,6-13H2,1-5H3,(H,19,22)/t14-,15-,16-/m1/s1. The second kappa shape index (κ2) is 8.44. The number of carbonyl (C=O) groups excluding carboxylic acids is 1. The van der Waals surface area contributed by atoms with Crippen LogP contribution in [0.5, 0.6) is 0 Å². The summed E-state index contributed by atoms with van der Waals surface area (Å²) < 4.78 is 35.0. The molecule has 0 aromatic heterocycles. The van der Waals surface area contributed by atoms with Crippen molar-refractivity contribution in [3.05, 3.63) is 0 Å². The van der Waals surface area contributed by atoms with E-state index in [0.717, 1.165) is 32.1 Å². The monoisotopic (exact) mass is 389 g/mol. The van der Waals surface area contributed by atoms with Gasteiger partial charge in [0.2, 0.25) is 0 Å². The van der Waals surface area contributed by atoms with Crippen LogP contribution in [0.15, 0.2) is 0 Å². The van der Waals surface area contributed by atoms with Gasteiger partial charge in [0.25, 0.3) is 10.2 Å². The fraction of sp³-hybridized carbons (Fsp3) is 0.944. The SMILES string of the molecule is C[C@@H]1CCCN(S(=O)(=O)N2CCCC[C@@H]2[C@@H](C)NC(=O)OC(C)(C)C)C1. The van der Waals surface area contributed by atoms with E-state index in [4.69, 9.17) is 4.74 Å². The summed E-state index contributed by atoms with van der Waals surface area (Å²) in [6.07, 6.45) is 4.06. The summed E-state index contributed by atoms with van der Waals surface area (Å²) in [5, 5.41) is 2.83. The smallest absolute Gasteiger partial charge is 0.407 e. The van der Waals surface area contributed by atoms with Gasteiger partial charge in [0, 0.05) is 31.7 Å². The Labute approximate surface area is 158 Å². The summed E-state index contributed by atoms with van der Waals surface area (Å²) >= 11 is 0. The number of amides is 1. The third kappa shape index (κ3) is 5.57. The lowest BCUT2D eigenvalue weighted by atomic mass is 9.99. The van der Waals surface area contributed by atoms with Crippen LogP contribution in [0.1, 0.15) is 66.7 Å². The average Bonchev–Trinajstić information content (AvgIpc) is 2.53. The zero-order chi connectivity index (χ0) is 19.5. The lowest BCUT2D eigenvalue weighted by molar-refractivity contribution is 0.0476. The molecule has 0 radical (unpaired) electrons. The van der Waals surface area contributed by atoms with Crippen molar-refractivity contribution in [3.8, 4) is 0 Å². The first-order valence-electron chi connectivity index (χ1n) is 9.77. The molecule has 8 heteroatoms. The Morgan fingerprint density at radius 1 is 1.15 bits per heavy atom. The number of alkyl carbamates (subject to hydrolysis) is 1. The van der Waals surface area contributed by atoms with Crippen molar-refractivity contribution in [3.63, 3.8) is 0 Å². The van der Waals surface area contributed by atoms with Crippen LogP contribution in [-0.2, 0) is 14.9 Å². The first-order valence-corrected chi connectivity index (χ1v) is 11.2. The number of ether oxygens (including phenoxy) is 1. The van der Waals surface area contributed by atoms with E-state index in [0.29, 0.717) is 25.6 Å². The van der Waals surface area contributed by atoms with E-state index < -0.39 is 21.9 Å². The number of piperidine rings is 2. The fourth-order valence-electron chi connectivity index (χ4n) is 3.81. The van der Waals surface area contributed by atoms with Gasteiger partial charge in [-0.2, -0.15) is 17.0 Å². The van der Waals surface area contributed by atoms with Crippen LogP contribution in [0.25, 0.3) is 0 Å². The summed E-state index contributed by atoms with van der Waals surface area (Å²) in [6.45, 7) is 11.1. The van der Waals surface area contributed by atoms with Gasteiger partial charge in [0.1, 0.15) is 5.60 Å². The van der Waals surface area contributed by atoms with Crippen LogP contribution in [0.2, 0.25) is 0 Å². The van der Waals surface area contributed by atoms with E-state index in [2.05, 4.69) is 12.2 Å². The minimum Gasteiger partial charge on any atom is -0.444 e. The first-order chi connectivity index (χ1) is 12.0. The number of rotatable bonds is 4. The lowest BCUT2D eigenvalue weighted by Gasteiger charge is -2.42. The highest BCUT2D eigenvalue weighted by Gasteiger charge is 2.40. The highest BCUT2D eigenvalue weighted by Crippen LogP contribution is 2.28. The molecule has 2 heterocycles. The van der Waals surface area contributed by atoms with E-state index in [1.54, 1.807) is 8.61 Å². The molecule has 7 nitrogen and oxygen atoms in total. The van der Waals surface area contributed by atoms with Crippen molar-refractivity contribution in [1.29, 1.82) is 0 Å². The van der Waals surface area contributed by atoms with Gasteiger partial charge in [-0.25, -0.2) is 4.79 Å². The number of hydrogen-bond donors (Lipinski definition) is 1. The van der Waals surface area contributed by atoms with E-state index in [1.165, 1.54) is 0 Å². The van der Waals surface area contributed by atoms with Crippen molar-refractivity contribution in [2.75, 3.05) is 19.6 Å². The molecule has 1 amide bonds. The minimum absolute atomic E-state index is 0.237. The van der Waals surface area contributed by atoms with Gasteiger partial charge in [-0.1, -0.05) is 13.3 Å². The molecular weight excluding hydrogens is 354 g/mol. The number of nitrogens with one attached hydrogen (secondary N) is 1. The molecular formula is C18H35N3O4S. The molecule has 2 saturated heterocycles. The Bertz CT molecular complexity index is 588. The average molecular weight is 390 g/mol. The maximum absolute atomic E-state index is 13.2. The molecule has 0 spiro atoms. The molecule has 0 saturated carbocycles. The Balaban J connectivity index is 2.09. The number of nitrogens with zero attached hydrogens (tertiary/aromatic N) is 2.